The fraction of sp³-hybridized carbons (Fsp3) is 0.0769. The van der Waals surface area contributed by atoms with Crippen molar-refractivity contribution in [3.05, 3.63) is 52.5 Å². The molecule has 0 fully saturated rings. The van der Waals surface area contributed by atoms with E-state index in [0.717, 1.165) is 11.1 Å². The number of hydroxylamine groups is 1. The lowest BCUT2D eigenvalue weighted by atomic mass is 10.0. The first kappa shape index (κ1) is 12.2. The first-order chi connectivity index (χ1) is 8.22. The smallest absolute Gasteiger partial charge is 0.173 e. The summed E-state index contributed by atoms with van der Waals surface area (Å²) in [6, 6.07) is 13.3. The molecule has 0 amide bonds. The summed E-state index contributed by atoms with van der Waals surface area (Å²) in [6.07, 6.45) is 0. The minimum Gasteiger partial charge on any atom is -0.407 e. The lowest BCUT2D eigenvalue weighted by molar-refractivity contribution is 0.225. The van der Waals surface area contributed by atoms with Crippen molar-refractivity contribution >= 4 is 23.2 Å². The fourth-order valence-corrected chi connectivity index (χ4v) is 2.13. The van der Waals surface area contributed by atoms with E-state index in [2.05, 4.69) is 5.48 Å². The monoisotopic (exact) mass is 267 g/mol. The topological polar surface area (TPSA) is 21.3 Å². The summed E-state index contributed by atoms with van der Waals surface area (Å²) >= 11 is 12.1. The second-order valence-electron chi connectivity index (χ2n) is 3.44. The molecule has 0 radical (unpaired) electrons. The van der Waals surface area contributed by atoms with Gasteiger partial charge in [-0.25, -0.2) is 0 Å². The largest absolute Gasteiger partial charge is 0.407 e. The van der Waals surface area contributed by atoms with Crippen LogP contribution in [0.25, 0.3) is 11.1 Å². The molecule has 0 aliphatic carbocycles. The van der Waals surface area contributed by atoms with Crippen LogP contribution in [-0.4, -0.2) is 7.05 Å². The molecule has 88 valence electrons. The van der Waals surface area contributed by atoms with Crippen molar-refractivity contribution in [2.24, 2.45) is 0 Å². The SMILES string of the molecule is CNOc1c(Cl)cc(Cl)cc1-c1ccccc1. The van der Waals surface area contributed by atoms with E-state index in [1.165, 1.54) is 0 Å². The summed E-state index contributed by atoms with van der Waals surface area (Å²) in [4.78, 5) is 5.34. The Morgan fingerprint density at radius 3 is 2.41 bits per heavy atom. The molecule has 4 heteroatoms. The Bertz CT molecular complexity index is 514. The quantitative estimate of drug-likeness (QED) is 0.843. The van der Waals surface area contributed by atoms with Gasteiger partial charge in [-0.2, -0.15) is 5.48 Å². The molecule has 2 nitrogen and oxygen atoms in total. The minimum atomic E-state index is 0.478. The van der Waals surface area contributed by atoms with Gasteiger partial charge in [0.05, 0.1) is 5.02 Å². The van der Waals surface area contributed by atoms with Gasteiger partial charge in [0, 0.05) is 17.6 Å². The van der Waals surface area contributed by atoms with Crippen LogP contribution in [0.15, 0.2) is 42.5 Å². The molecule has 0 saturated carbocycles. The van der Waals surface area contributed by atoms with Crippen LogP contribution in [0.1, 0.15) is 0 Å². The number of hydrogen-bond acceptors (Lipinski definition) is 2. The van der Waals surface area contributed by atoms with E-state index < -0.39 is 0 Å². The third-order valence-corrected chi connectivity index (χ3v) is 2.80. The average molecular weight is 268 g/mol. The highest BCUT2D eigenvalue weighted by atomic mass is 35.5. The fourth-order valence-electron chi connectivity index (χ4n) is 1.60. The van der Waals surface area contributed by atoms with Crippen LogP contribution in [-0.2, 0) is 0 Å². The van der Waals surface area contributed by atoms with E-state index >= 15 is 0 Å². The molecule has 0 spiro atoms. The van der Waals surface area contributed by atoms with Gasteiger partial charge in [-0.3, -0.25) is 0 Å². The van der Waals surface area contributed by atoms with Gasteiger partial charge >= 0.3 is 0 Å². The molecular formula is C13H11Cl2NO. The molecule has 0 aliphatic rings. The number of rotatable bonds is 3. The van der Waals surface area contributed by atoms with Gasteiger partial charge in [0.1, 0.15) is 0 Å². The van der Waals surface area contributed by atoms with Crippen molar-refractivity contribution in [1.82, 2.24) is 5.48 Å². The van der Waals surface area contributed by atoms with E-state index in [-0.39, 0.29) is 0 Å². The Hall–Kier alpha value is -1.22. The van der Waals surface area contributed by atoms with Crippen molar-refractivity contribution in [2.45, 2.75) is 0 Å². The van der Waals surface area contributed by atoms with Gasteiger partial charge in [-0.05, 0) is 17.7 Å². The summed E-state index contributed by atoms with van der Waals surface area (Å²) in [5.74, 6) is 0.574. The van der Waals surface area contributed by atoms with Gasteiger partial charge in [0.15, 0.2) is 5.75 Å². The highest BCUT2D eigenvalue weighted by Gasteiger charge is 2.12. The van der Waals surface area contributed by atoms with Gasteiger partial charge in [-0.15, -0.1) is 0 Å². The predicted molar refractivity (Wildman–Crippen MR) is 71.6 cm³/mol. The maximum Gasteiger partial charge on any atom is 0.173 e. The standard InChI is InChI=1S/C13H11Cl2NO/c1-16-17-13-11(7-10(14)8-12(13)15)9-5-3-2-4-6-9/h2-8,16H,1H3. The molecule has 2 rings (SSSR count). The molecule has 17 heavy (non-hydrogen) atoms. The first-order valence-electron chi connectivity index (χ1n) is 5.10. The zero-order chi connectivity index (χ0) is 12.3. The lowest BCUT2D eigenvalue weighted by Crippen LogP contribution is -2.12. The molecule has 0 unspecified atom stereocenters. The number of benzene rings is 2. The van der Waals surface area contributed by atoms with Crippen molar-refractivity contribution in [1.29, 1.82) is 0 Å². The Kier molecular flexibility index (Phi) is 3.89. The summed E-state index contributed by atoms with van der Waals surface area (Å²) in [5, 5.41) is 1.06. The Morgan fingerprint density at radius 1 is 1.06 bits per heavy atom. The molecule has 0 atom stereocenters. The highest BCUT2D eigenvalue weighted by molar-refractivity contribution is 6.36. The van der Waals surface area contributed by atoms with Crippen LogP contribution in [0.2, 0.25) is 10.0 Å². The van der Waals surface area contributed by atoms with Crippen LogP contribution in [0.4, 0.5) is 0 Å². The molecular weight excluding hydrogens is 257 g/mol. The maximum absolute atomic E-state index is 6.11. The summed E-state index contributed by atoms with van der Waals surface area (Å²) in [5.41, 5.74) is 4.49. The normalized spacial score (nSPS) is 10.3. The van der Waals surface area contributed by atoms with Crippen LogP contribution >= 0.6 is 23.2 Å². The maximum atomic E-state index is 6.11. The third kappa shape index (κ3) is 2.72. The average Bonchev–Trinajstić information content (AvgIpc) is 2.33. The van der Waals surface area contributed by atoms with Crippen molar-refractivity contribution < 1.29 is 4.84 Å². The summed E-state index contributed by atoms with van der Waals surface area (Å²) < 4.78 is 0. The summed E-state index contributed by atoms with van der Waals surface area (Å²) in [7, 11) is 1.68. The second kappa shape index (κ2) is 5.41. The lowest BCUT2D eigenvalue weighted by Gasteiger charge is -2.12. The van der Waals surface area contributed by atoms with Gasteiger partial charge in [0.2, 0.25) is 0 Å². The van der Waals surface area contributed by atoms with Crippen LogP contribution < -0.4 is 10.3 Å². The zero-order valence-corrected chi connectivity index (χ0v) is 10.7. The van der Waals surface area contributed by atoms with Gasteiger partial charge < -0.3 is 4.84 Å². The number of hydrogen-bond donors (Lipinski definition) is 1. The van der Waals surface area contributed by atoms with Gasteiger partial charge in [0.25, 0.3) is 0 Å². The van der Waals surface area contributed by atoms with Crippen LogP contribution in [0.3, 0.4) is 0 Å². The van der Waals surface area contributed by atoms with Crippen LogP contribution in [0, 0.1) is 0 Å². The second-order valence-corrected chi connectivity index (χ2v) is 4.28. The molecule has 0 bridgehead atoms. The molecule has 1 N–H and O–H groups in total. The van der Waals surface area contributed by atoms with Gasteiger partial charge in [-0.1, -0.05) is 53.5 Å². The molecule has 0 saturated heterocycles. The number of nitrogens with one attached hydrogen (secondary N) is 1. The molecule has 0 aromatic heterocycles. The third-order valence-electron chi connectivity index (χ3n) is 2.30. The molecule has 0 heterocycles. The first-order valence-corrected chi connectivity index (χ1v) is 5.86. The Balaban J connectivity index is 2.59. The molecule has 0 aliphatic heterocycles. The molecule has 2 aromatic carbocycles. The van der Waals surface area contributed by atoms with Crippen molar-refractivity contribution in [3.63, 3.8) is 0 Å². The molecule has 2 aromatic rings. The van der Waals surface area contributed by atoms with Crippen molar-refractivity contribution in [3.8, 4) is 16.9 Å². The van der Waals surface area contributed by atoms with E-state index in [1.807, 2.05) is 36.4 Å². The zero-order valence-electron chi connectivity index (χ0n) is 9.21. The summed E-state index contributed by atoms with van der Waals surface area (Å²) in [6.45, 7) is 0. The van der Waals surface area contributed by atoms with E-state index in [0.29, 0.717) is 15.8 Å². The predicted octanol–water partition coefficient (Wildman–Crippen LogP) is 4.17. The number of halogens is 2. The van der Waals surface area contributed by atoms with Crippen molar-refractivity contribution in [2.75, 3.05) is 7.05 Å². The van der Waals surface area contributed by atoms with E-state index in [9.17, 15) is 0 Å². The van der Waals surface area contributed by atoms with Crippen LogP contribution in [0.5, 0.6) is 5.75 Å². The highest BCUT2D eigenvalue weighted by Crippen LogP contribution is 2.38. The Morgan fingerprint density at radius 2 is 1.76 bits per heavy atom. The van der Waals surface area contributed by atoms with E-state index in [4.69, 9.17) is 28.0 Å². The Labute approximate surface area is 110 Å². The minimum absolute atomic E-state index is 0.478. The van der Waals surface area contributed by atoms with E-state index in [1.54, 1.807) is 13.1 Å².